The van der Waals surface area contributed by atoms with Crippen LogP contribution in [0, 0.1) is 23.7 Å². The minimum atomic E-state index is -4.55. The fraction of sp³-hybridized carbons (Fsp3) is 0.667. The molecule has 2 aromatic heterocycles. The van der Waals surface area contributed by atoms with Gasteiger partial charge < -0.3 is 45.9 Å². The molecular formula is C54H75F3N10O7. The molecule has 74 heavy (non-hydrogen) atoms. The molecule has 8 rings (SSSR count). The molecule has 3 saturated carbocycles. The molecular weight excluding hydrogens is 958 g/mol. The Kier molecular flexibility index (Phi) is 17.8. The fourth-order valence-electron chi connectivity index (χ4n) is 12.5. The largest absolute Gasteiger partial charge is 0.416 e. The number of carbonyl (C=O) groups is 5. The number of likely N-dealkylation sites (tertiary alicyclic amines) is 2. The second-order valence-corrected chi connectivity index (χ2v) is 21.8. The molecule has 17 nitrogen and oxygen atoms in total. The van der Waals surface area contributed by atoms with E-state index in [2.05, 4.69) is 56.7 Å². The number of nitrogens with zero attached hydrogens (tertiary/aromatic N) is 6. The second-order valence-electron chi connectivity index (χ2n) is 21.8. The Hall–Kier alpha value is -5.47. The van der Waals surface area contributed by atoms with Gasteiger partial charge in [-0.3, -0.25) is 29.0 Å². The number of hydrogen-bond acceptors (Lipinski definition) is 12. The predicted octanol–water partition coefficient (Wildman–Crippen LogP) is 5.96. The highest BCUT2D eigenvalue weighted by Gasteiger charge is 2.55. The van der Waals surface area contributed by atoms with Crippen LogP contribution in [0.1, 0.15) is 121 Å². The predicted molar refractivity (Wildman–Crippen MR) is 271 cm³/mol. The molecule has 404 valence electrons. The molecule has 0 radical (unpaired) electrons. The third kappa shape index (κ3) is 12.6. The maximum Gasteiger partial charge on any atom is 0.416 e. The SMILES string of the molecule is CC(C)N(C)[C@@H]1CC[C@H](N2CC[C@H](Nc3ncnc4ccc(C(F)(F)F)cc34)C2=O)[C@H](NC(=O)C2CCC(NC(=O)CCOCC3CCC(COCCC4(c5cccnc5)C(C(N)=O)CC(=O)N4C)CC3)CC2)C1. The van der Waals surface area contributed by atoms with Crippen LogP contribution in [0.15, 0.2) is 49.1 Å². The quantitative estimate of drug-likeness (QED) is 0.0967. The summed E-state index contributed by atoms with van der Waals surface area (Å²) < 4.78 is 53.1. The van der Waals surface area contributed by atoms with Crippen molar-refractivity contribution in [3.63, 3.8) is 0 Å². The van der Waals surface area contributed by atoms with E-state index in [1.165, 1.54) is 12.4 Å². The average Bonchev–Trinajstić information content (AvgIpc) is 3.88. The van der Waals surface area contributed by atoms with Gasteiger partial charge in [0.05, 0.1) is 41.2 Å². The topological polar surface area (TPSA) is 214 Å². The van der Waals surface area contributed by atoms with Gasteiger partial charge in [-0.05, 0) is 146 Å². The van der Waals surface area contributed by atoms with Crippen LogP contribution in [0.25, 0.3) is 10.9 Å². The number of carbonyl (C=O) groups excluding carboxylic acids is 5. The van der Waals surface area contributed by atoms with Crippen LogP contribution >= 0.6 is 0 Å². The Balaban J connectivity index is 0.742. The molecule has 5 fully saturated rings. The van der Waals surface area contributed by atoms with Gasteiger partial charge in [0.1, 0.15) is 18.2 Å². The Morgan fingerprint density at radius 2 is 1.64 bits per heavy atom. The number of halogens is 3. The molecule has 3 aromatic rings. The first-order chi connectivity index (χ1) is 35.4. The van der Waals surface area contributed by atoms with Crippen LogP contribution in [0.3, 0.4) is 0 Å². The summed E-state index contributed by atoms with van der Waals surface area (Å²) in [5.74, 6) is -0.817. The van der Waals surface area contributed by atoms with Crippen LogP contribution in [-0.2, 0) is 45.2 Å². The zero-order valence-corrected chi connectivity index (χ0v) is 43.3. The number of alkyl halides is 3. The van der Waals surface area contributed by atoms with Gasteiger partial charge in [-0.15, -0.1) is 0 Å². The molecule has 3 aliphatic carbocycles. The van der Waals surface area contributed by atoms with Gasteiger partial charge in [0.25, 0.3) is 0 Å². The summed E-state index contributed by atoms with van der Waals surface area (Å²) in [6, 6.07) is 6.21. The summed E-state index contributed by atoms with van der Waals surface area (Å²) in [5, 5.41) is 9.87. The van der Waals surface area contributed by atoms with Crippen molar-refractivity contribution in [2.24, 2.45) is 29.4 Å². The number of nitrogens with one attached hydrogen (secondary N) is 3. The fourth-order valence-corrected chi connectivity index (χ4v) is 12.5. The minimum absolute atomic E-state index is 0.0266. The first-order valence-corrected chi connectivity index (χ1v) is 26.8. The highest BCUT2D eigenvalue weighted by Crippen LogP contribution is 2.46. The number of aromatic nitrogens is 3. The van der Waals surface area contributed by atoms with Gasteiger partial charge in [0.2, 0.25) is 29.5 Å². The van der Waals surface area contributed by atoms with Crippen LogP contribution in [0.4, 0.5) is 19.0 Å². The van der Waals surface area contributed by atoms with E-state index in [4.69, 9.17) is 15.2 Å². The first kappa shape index (κ1) is 54.8. The molecule has 5 amide bonds. The Labute approximate surface area is 432 Å². The molecule has 0 bridgehead atoms. The molecule has 4 heterocycles. The molecule has 1 aromatic carbocycles. The highest BCUT2D eigenvalue weighted by atomic mass is 19.4. The standard InChI is InChI=1S/C54H75F3N10O7/c1-33(2)65(3)40-16-18-46(67-23-19-44(52(67)72)63-50-41-26-37(54(55,56)57)13-17-43(41)60-32-61-50)45(27-40)64-51(71)36-11-14-39(15-12-36)62-47(68)20-24-73-30-34-7-9-35(10-8-34)31-74-25-21-53(38-6-5-22-59-29-38)42(49(58)70)28-48(69)66(53)4/h5-6,13,17,22,26,29,32-36,39-40,42,44-46H,7-12,14-16,18-21,23-25,27-28,30-31H2,1-4H3,(H2,58,70)(H,62,68)(H,64,71)(H,60,61,63)/t34?,35?,36?,39?,40-,42?,44+,45-,46+,53?/m1/s1. The van der Waals surface area contributed by atoms with Crippen molar-refractivity contribution in [1.29, 1.82) is 0 Å². The monoisotopic (exact) mass is 1030 g/mol. The van der Waals surface area contributed by atoms with E-state index in [1.807, 2.05) is 11.0 Å². The van der Waals surface area contributed by atoms with Crippen molar-refractivity contribution in [3.05, 3.63) is 60.2 Å². The van der Waals surface area contributed by atoms with Crippen molar-refractivity contribution in [2.75, 3.05) is 52.4 Å². The number of anilines is 1. The molecule has 0 spiro atoms. The van der Waals surface area contributed by atoms with Crippen LogP contribution in [0.5, 0.6) is 0 Å². The van der Waals surface area contributed by atoms with E-state index in [1.54, 1.807) is 30.4 Å². The van der Waals surface area contributed by atoms with E-state index >= 15 is 0 Å². The van der Waals surface area contributed by atoms with Crippen LogP contribution in [0.2, 0.25) is 0 Å². The summed E-state index contributed by atoms with van der Waals surface area (Å²) in [4.78, 5) is 84.9. The molecule has 5 N–H and O–H groups in total. The summed E-state index contributed by atoms with van der Waals surface area (Å²) in [5.41, 5.74) is 5.21. The first-order valence-electron chi connectivity index (χ1n) is 26.8. The molecule has 2 saturated heterocycles. The van der Waals surface area contributed by atoms with Crippen molar-refractivity contribution >= 4 is 46.3 Å². The average molecular weight is 1030 g/mol. The van der Waals surface area contributed by atoms with Crippen molar-refractivity contribution in [2.45, 2.75) is 158 Å². The molecule has 2 unspecified atom stereocenters. The Morgan fingerprint density at radius 3 is 2.30 bits per heavy atom. The van der Waals surface area contributed by atoms with Gasteiger partial charge in [0.15, 0.2) is 0 Å². The van der Waals surface area contributed by atoms with E-state index in [0.29, 0.717) is 102 Å². The van der Waals surface area contributed by atoms with Gasteiger partial charge >= 0.3 is 6.18 Å². The van der Waals surface area contributed by atoms with Crippen molar-refractivity contribution < 1.29 is 46.6 Å². The lowest BCUT2D eigenvalue weighted by Gasteiger charge is -2.45. The lowest BCUT2D eigenvalue weighted by molar-refractivity contribution is -0.137. The Morgan fingerprint density at radius 1 is 0.919 bits per heavy atom. The number of rotatable bonds is 20. The summed E-state index contributed by atoms with van der Waals surface area (Å²) in [7, 11) is 3.81. The number of pyridine rings is 1. The molecule has 20 heteroatoms. The van der Waals surface area contributed by atoms with Gasteiger partial charge in [-0.25, -0.2) is 9.97 Å². The molecule has 5 aliphatic rings. The number of primary amides is 1. The summed E-state index contributed by atoms with van der Waals surface area (Å²) in [6.07, 6.45) is 10.1. The maximum absolute atomic E-state index is 14.1. The van der Waals surface area contributed by atoms with Gasteiger partial charge in [0, 0.05) is 88.1 Å². The number of amides is 5. The number of hydrogen-bond donors (Lipinski definition) is 4. The zero-order chi connectivity index (χ0) is 52.7. The number of nitrogens with two attached hydrogens (primary N) is 1. The van der Waals surface area contributed by atoms with E-state index in [0.717, 1.165) is 49.8 Å². The smallest absolute Gasteiger partial charge is 0.381 e. The number of benzene rings is 1. The lowest BCUT2D eigenvalue weighted by Crippen LogP contribution is -2.59. The molecule has 6 atom stereocenters. The second kappa shape index (κ2) is 24.0. The Bertz CT molecular complexity index is 2440. The van der Waals surface area contributed by atoms with E-state index in [9.17, 15) is 37.1 Å². The van der Waals surface area contributed by atoms with E-state index < -0.39 is 35.1 Å². The third-order valence-corrected chi connectivity index (χ3v) is 17.1. The third-order valence-electron chi connectivity index (χ3n) is 17.1. The van der Waals surface area contributed by atoms with Gasteiger partial charge in [-0.2, -0.15) is 13.2 Å². The minimum Gasteiger partial charge on any atom is -0.381 e. The van der Waals surface area contributed by atoms with E-state index in [-0.39, 0.29) is 83.8 Å². The van der Waals surface area contributed by atoms with Gasteiger partial charge in [-0.1, -0.05) is 6.07 Å². The van der Waals surface area contributed by atoms with Crippen LogP contribution in [-0.4, -0.2) is 143 Å². The lowest BCUT2D eigenvalue weighted by atomic mass is 9.76. The van der Waals surface area contributed by atoms with Crippen molar-refractivity contribution in [3.8, 4) is 0 Å². The zero-order valence-electron chi connectivity index (χ0n) is 43.3. The normalized spacial score (nSPS) is 28.8. The van der Waals surface area contributed by atoms with Crippen molar-refractivity contribution in [1.82, 2.24) is 40.3 Å². The summed E-state index contributed by atoms with van der Waals surface area (Å²) in [6.45, 7) is 6.61. The summed E-state index contributed by atoms with van der Waals surface area (Å²) >= 11 is 0. The maximum atomic E-state index is 14.1. The molecule has 2 aliphatic heterocycles. The number of fused-ring (bicyclic) bond motifs is 1. The number of ether oxygens (including phenoxy) is 2. The highest BCUT2D eigenvalue weighted by molar-refractivity contribution is 5.94. The van der Waals surface area contributed by atoms with Crippen LogP contribution < -0.4 is 21.7 Å².